The summed E-state index contributed by atoms with van der Waals surface area (Å²) in [6.45, 7) is 8.78. The number of piperazine rings is 1. The maximum absolute atomic E-state index is 5.77. The third-order valence-electron chi connectivity index (χ3n) is 4.30. The van der Waals surface area contributed by atoms with Crippen LogP contribution in [0.1, 0.15) is 12.6 Å². The van der Waals surface area contributed by atoms with Crippen molar-refractivity contribution in [3.05, 3.63) is 46.8 Å². The predicted molar refractivity (Wildman–Crippen MR) is 124 cm³/mol. The van der Waals surface area contributed by atoms with Gasteiger partial charge in [0.2, 0.25) is 0 Å². The monoisotopic (exact) mass is 563 g/mol. The van der Waals surface area contributed by atoms with E-state index >= 15 is 0 Å². The van der Waals surface area contributed by atoms with Gasteiger partial charge in [-0.05, 0) is 25.1 Å². The minimum absolute atomic E-state index is 0. The molecule has 1 aliphatic heterocycles. The lowest BCUT2D eigenvalue weighted by atomic mass is 10.3. The molecule has 0 amide bonds. The number of halogens is 2. The van der Waals surface area contributed by atoms with Gasteiger partial charge in [0, 0.05) is 49.8 Å². The van der Waals surface area contributed by atoms with Gasteiger partial charge < -0.3 is 19.5 Å². The second-order valence-electron chi connectivity index (χ2n) is 6.30. The summed E-state index contributed by atoms with van der Waals surface area (Å²) in [4.78, 5) is 9.41. The van der Waals surface area contributed by atoms with E-state index < -0.39 is 0 Å². The summed E-state index contributed by atoms with van der Waals surface area (Å²) in [5.41, 5.74) is 0.980. The molecule has 0 aliphatic carbocycles. The summed E-state index contributed by atoms with van der Waals surface area (Å²) >= 11 is 3.45. The van der Waals surface area contributed by atoms with E-state index in [4.69, 9.17) is 14.3 Å². The molecule has 0 unspecified atom stereocenters. The number of hydrogen-bond donors (Lipinski definition) is 1. The number of guanidine groups is 1. The Morgan fingerprint density at radius 2 is 2.11 bits per heavy atom. The van der Waals surface area contributed by atoms with Crippen molar-refractivity contribution < 1.29 is 9.26 Å². The van der Waals surface area contributed by atoms with E-state index in [1.54, 1.807) is 6.26 Å². The molecular formula is C19H27BrIN5O2. The van der Waals surface area contributed by atoms with Crippen LogP contribution in [0.2, 0.25) is 0 Å². The van der Waals surface area contributed by atoms with Gasteiger partial charge in [0.25, 0.3) is 0 Å². The Balaban J connectivity index is 0.00000280. The van der Waals surface area contributed by atoms with E-state index in [0.29, 0.717) is 13.2 Å². The van der Waals surface area contributed by atoms with Gasteiger partial charge in [0.1, 0.15) is 18.6 Å². The SMILES string of the molecule is CCNC(=NCCOc1cccc(Br)c1)N1CCN(Cc2ccon2)CC1.I. The van der Waals surface area contributed by atoms with E-state index in [9.17, 15) is 0 Å². The van der Waals surface area contributed by atoms with Gasteiger partial charge in [0.05, 0.1) is 12.2 Å². The molecule has 9 heteroatoms. The Bertz CT molecular complexity index is 721. The quantitative estimate of drug-likeness (QED) is 0.241. The number of hydrogen-bond acceptors (Lipinski definition) is 5. The first-order valence-corrected chi connectivity index (χ1v) is 10.1. The molecule has 0 radical (unpaired) electrons. The lowest BCUT2D eigenvalue weighted by Gasteiger charge is -2.36. The Hall–Kier alpha value is -1.33. The molecule has 1 saturated heterocycles. The van der Waals surface area contributed by atoms with Crippen LogP contribution in [-0.2, 0) is 6.54 Å². The topological polar surface area (TPSA) is 66.1 Å². The molecule has 154 valence electrons. The number of aromatic nitrogens is 1. The first kappa shape index (κ1) is 23.0. The van der Waals surface area contributed by atoms with Gasteiger partial charge in [-0.2, -0.15) is 0 Å². The van der Waals surface area contributed by atoms with Crippen molar-refractivity contribution in [3.8, 4) is 5.75 Å². The molecule has 1 fully saturated rings. The number of rotatable bonds is 7. The fourth-order valence-corrected chi connectivity index (χ4v) is 3.34. The molecule has 0 atom stereocenters. The average molecular weight is 564 g/mol. The summed E-state index contributed by atoms with van der Waals surface area (Å²) in [6, 6.07) is 9.78. The van der Waals surface area contributed by atoms with Crippen LogP contribution in [0.4, 0.5) is 0 Å². The van der Waals surface area contributed by atoms with Crippen molar-refractivity contribution in [2.24, 2.45) is 4.99 Å². The van der Waals surface area contributed by atoms with Crippen molar-refractivity contribution >= 4 is 45.9 Å². The standard InChI is InChI=1S/C19H26BrN5O2.HI/c1-2-21-19(22-7-13-26-18-5-3-4-16(20)14-18)25-10-8-24(9-11-25)15-17-6-12-27-23-17;/h3-6,12,14H,2,7-11,13,15H2,1H3,(H,21,22);1H. The van der Waals surface area contributed by atoms with Crippen molar-refractivity contribution in [3.63, 3.8) is 0 Å². The van der Waals surface area contributed by atoms with Crippen LogP contribution in [0.3, 0.4) is 0 Å². The Morgan fingerprint density at radius 1 is 1.29 bits per heavy atom. The summed E-state index contributed by atoms with van der Waals surface area (Å²) in [5.74, 6) is 1.81. The molecule has 0 saturated carbocycles. The Morgan fingerprint density at radius 3 is 2.79 bits per heavy atom. The lowest BCUT2D eigenvalue weighted by Crippen LogP contribution is -2.52. The molecule has 1 aromatic heterocycles. The molecule has 28 heavy (non-hydrogen) atoms. The summed E-state index contributed by atoms with van der Waals surface area (Å²) in [7, 11) is 0. The van der Waals surface area contributed by atoms with Crippen LogP contribution < -0.4 is 10.1 Å². The van der Waals surface area contributed by atoms with E-state index in [0.717, 1.165) is 61.1 Å². The van der Waals surface area contributed by atoms with Gasteiger partial charge in [-0.1, -0.05) is 27.2 Å². The second kappa shape index (κ2) is 12.3. The highest BCUT2D eigenvalue weighted by Crippen LogP contribution is 2.17. The zero-order valence-corrected chi connectivity index (χ0v) is 19.9. The van der Waals surface area contributed by atoms with Crippen LogP contribution in [0.25, 0.3) is 0 Å². The summed E-state index contributed by atoms with van der Waals surface area (Å²) < 4.78 is 11.7. The zero-order valence-electron chi connectivity index (χ0n) is 16.0. The number of benzene rings is 1. The zero-order chi connectivity index (χ0) is 18.9. The third-order valence-corrected chi connectivity index (χ3v) is 4.79. The number of nitrogens with zero attached hydrogens (tertiary/aromatic N) is 4. The van der Waals surface area contributed by atoms with Crippen LogP contribution in [-0.4, -0.2) is 66.8 Å². The van der Waals surface area contributed by atoms with Crippen LogP contribution in [0, 0.1) is 0 Å². The maximum Gasteiger partial charge on any atom is 0.194 e. The highest BCUT2D eigenvalue weighted by Gasteiger charge is 2.20. The van der Waals surface area contributed by atoms with Crippen LogP contribution in [0.5, 0.6) is 5.75 Å². The fraction of sp³-hybridized carbons (Fsp3) is 0.474. The molecule has 1 aliphatic rings. The number of aliphatic imine (C=N–C) groups is 1. The normalized spacial score (nSPS) is 15.2. The maximum atomic E-state index is 5.77. The minimum atomic E-state index is 0. The van der Waals surface area contributed by atoms with Gasteiger partial charge >= 0.3 is 0 Å². The van der Waals surface area contributed by atoms with E-state index in [1.165, 1.54) is 0 Å². The van der Waals surface area contributed by atoms with Gasteiger partial charge in [-0.3, -0.25) is 4.90 Å². The molecule has 0 bridgehead atoms. The van der Waals surface area contributed by atoms with Crippen LogP contribution >= 0.6 is 39.9 Å². The van der Waals surface area contributed by atoms with Crippen molar-refractivity contribution in [2.45, 2.75) is 13.5 Å². The van der Waals surface area contributed by atoms with Crippen molar-refractivity contribution in [1.82, 2.24) is 20.3 Å². The molecule has 1 N–H and O–H groups in total. The van der Waals surface area contributed by atoms with Crippen LogP contribution in [0.15, 0.2) is 50.6 Å². The van der Waals surface area contributed by atoms with Crippen molar-refractivity contribution in [2.75, 3.05) is 45.9 Å². The minimum Gasteiger partial charge on any atom is -0.492 e. The number of nitrogens with one attached hydrogen (secondary N) is 1. The first-order chi connectivity index (χ1) is 13.2. The van der Waals surface area contributed by atoms with Crippen molar-refractivity contribution in [1.29, 1.82) is 0 Å². The van der Waals surface area contributed by atoms with E-state index in [1.807, 2.05) is 30.3 Å². The highest BCUT2D eigenvalue weighted by molar-refractivity contribution is 14.0. The largest absolute Gasteiger partial charge is 0.492 e. The smallest absolute Gasteiger partial charge is 0.194 e. The third kappa shape index (κ3) is 7.25. The lowest BCUT2D eigenvalue weighted by molar-refractivity contribution is 0.169. The highest BCUT2D eigenvalue weighted by atomic mass is 127. The molecular weight excluding hydrogens is 537 g/mol. The molecule has 0 spiro atoms. The molecule has 2 heterocycles. The second-order valence-corrected chi connectivity index (χ2v) is 7.21. The summed E-state index contributed by atoms with van der Waals surface area (Å²) in [6.07, 6.45) is 1.62. The molecule has 2 aromatic rings. The molecule has 1 aromatic carbocycles. The van der Waals surface area contributed by atoms with Gasteiger partial charge in [-0.15, -0.1) is 24.0 Å². The molecule has 7 nitrogen and oxygen atoms in total. The summed E-state index contributed by atoms with van der Waals surface area (Å²) in [5, 5.41) is 7.38. The van der Waals surface area contributed by atoms with Gasteiger partial charge in [-0.25, -0.2) is 4.99 Å². The van der Waals surface area contributed by atoms with E-state index in [-0.39, 0.29) is 24.0 Å². The van der Waals surface area contributed by atoms with E-state index in [2.05, 4.69) is 43.1 Å². The predicted octanol–water partition coefficient (Wildman–Crippen LogP) is 3.22. The first-order valence-electron chi connectivity index (χ1n) is 9.28. The molecule has 3 rings (SSSR count). The Labute approximate surface area is 191 Å². The van der Waals surface area contributed by atoms with Gasteiger partial charge in [0.15, 0.2) is 5.96 Å². The average Bonchev–Trinajstić information content (AvgIpc) is 3.18. The number of ether oxygens (including phenoxy) is 1. The fourth-order valence-electron chi connectivity index (χ4n) is 2.96. The Kier molecular flexibility index (Phi) is 10.1.